The van der Waals surface area contributed by atoms with Crippen LogP contribution in [0.4, 0.5) is 5.69 Å². The van der Waals surface area contributed by atoms with Crippen LogP contribution in [0.3, 0.4) is 0 Å². The SMILES string of the molecule is C=CCOc1ccc(NC(=O)c2ccccc2Cl)cc1. The van der Waals surface area contributed by atoms with E-state index in [0.29, 0.717) is 22.9 Å². The van der Waals surface area contributed by atoms with Crippen molar-refractivity contribution in [3.05, 3.63) is 71.8 Å². The van der Waals surface area contributed by atoms with E-state index in [0.717, 1.165) is 5.75 Å². The first kappa shape index (κ1) is 14.2. The number of halogens is 1. The molecular formula is C16H14ClNO2. The van der Waals surface area contributed by atoms with Crippen LogP contribution < -0.4 is 10.1 Å². The molecule has 0 saturated heterocycles. The summed E-state index contributed by atoms with van der Waals surface area (Å²) >= 11 is 5.98. The molecule has 0 atom stereocenters. The van der Waals surface area contributed by atoms with E-state index < -0.39 is 0 Å². The predicted octanol–water partition coefficient (Wildman–Crippen LogP) is 4.16. The summed E-state index contributed by atoms with van der Waals surface area (Å²) in [4.78, 5) is 12.1. The first-order chi connectivity index (χ1) is 9.70. The van der Waals surface area contributed by atoms with E-state index >= 15 is 0 Å². The van der Waals surface area contributed by atoms with Crippen LogP contribution in [0.1, 0.15) is 10.4 Å². The minimum Gasteiger partial charge on any atom is -0.490 e. The molecule has 0 aliphatic rings. The van der Waals surface area contributed by atoms with Crippen molar-refractivity contribution in [3.8, 4) is 5.75 Å². The number of amides is 1. The van der Waals surface area contributed by atoms with Gasteiger partial charge in [0.15, 0.2) is 0 Å². The van der Waals surface area contributed by atoms with Gasteiger partial charge in [-0.1, -0.05) is 36.4 Å². The molecule has 0 aliphatic heterocycles. The van der Waals surface area contributed by atoms with E-state index in [2.05, 4.69) is 11.9 Å². The number of ether oxygens (including phenoxy) is 1. The average Bonchev–Trinajstić information content (AvgIpc) is 2.47. The number of rotatable bonds is 5. The highest BCUT2D eigenvalue weighted by Crippen LogP contribution is 2.19. The van der Waals surface area contributed by atoms with Gasteiger partial charge >= 0.3 is 0 Å². The molecule has 0 bridgehead atoms. The van der Waals surface area contributed by atoms with E-state index in [1.807, 2.05) is 0 Å². The van der Waals surface area contributed by atoms with Gasteiger partial charge in [0.2, 0.25) is 0 Å². The third-order valence-electron chi connectivity index (χ3n) is 2.60. The molecule has 0 aromatic heterocycles. The maximum atomic E-state index is 12.1. The molecule has 0 spiro atoms. The Morgan fingerprint density at radius 1 is 1.20 bits per heavy atom. The highest BCUT2D eigenvalue weighted by molar-refractivity contribution is 6.34. The lowest BCUT2D eigenvalue weighted by Crippen LogP contribution is -2.12. The number of anilines is 1. The zero-order chi connectivity index (χ0) is 14.4. The van der Waals surface area contributed by atoms with Gasteiger partial charge in [0, 0.05) is 5.69 Å². The highest BCUT2D eigenvalue weighted by Gasteiger charge is 2.09. The van der Waals surface area contributed by atoms with Gasteiger partial charge in [0.25, 0.3) is 5.91 Å². The second-order valence-electron chi connectivity index (χ2n) is 4.06. The molecule has 3 nitrogen and oxygen atoms in total. The van der Waals surface area contributed by atoms with Crippen LogP contribution in [0.15, 0.2) is 61.2 Å². The lowest BCUT2D eigenvalue weighted by molar-refractivity contribution is 0.102. The maximum absolute atomic E-state index is 12.1. The lowest BCUT2D eigenvalue weighted by atomic mass is 10.2. The van der Waals surface area contributed by atoms with E-state index in [1.54, 1.807) is 54.6 Å². The van der Waals surface area contributed by atoms with Gasteiger partial charge in [0.05, 0.1) is 10.6 Å². The van der Waals surface area contributed by atoms with Crippen molar-refractivity contribution in [2.24, 2.45) is 0 Å². The normalized spacial score (nSPS) is 9.85. The predicted molar refractivity (Wildman–Crippen MR) is 81.5 cm³/mol. The smallest absolute Gasteiger partial charge is 0.257 e. The topological polar surface area (TPSA) is 38.3 Å². The van der Waals surface area contributed by atoms with Crippen LogP contribution in [0, 0.1) is 0 Å². The zero-order valence-corrected chi connectivity index (χ0v) is 11.6. The molecule has 1 amide bonds. The van der Waals surface area contributed by atoms with Crippen molar-refractivity contribution in [3.63, 3.8) is 0 Å². The first-order valence-corrected chi connectivity index (χ1v) is 6.48. The minimum absolute atomic E-state index is 0.240. The van der Waals surface area contributed by atoms with Crippen LogP contribution >= 0.6 is 11.6 Å². The average molecular weight is 288 g/mol. The molecule has 0 unspecified atom stereocenters. The Bertz CT molecular complexity index is 608. The number of benzene rings is 2. The van der Waals surface area contributed by atoms with E-state index in [4.69, 9.17) is 16.3 Å². The fraction of sp³-hybridized carbons (Fsp3) is 0.0625. The van der Waals surface area contributed by atoms with Gasteiger partial charge < -0.3 is 10.1 Å². The summed E-state index contributed by atoms with van der Waals surface area (Å²) in [5.74, 6) is 0.482. The number of hydrogen-bond acceptors (Lipinski definition) is 2. The molecule has 0 radical (unpaired) electrons. The van der Waals surface area contributed by atoms with Crippen LogP contribution in [0.2, 0.25) is 5.02 Å². The molecule has 0 aliphatic carbocycles. The fourth-order valence-corrected chi connectivity index (χ4v) is 1.85. The van der Waals surface area contributed by atoms with E-state index in [1.165, 1.54) is 0 Å². The Morgan fingerprint density at radius 2 is 1.90 bits per heavy atom. The van der Waals surface area contributed by atoms with Crippen molar-refractivity contribution in [2.75, 3.05) is 11.9 Å². The Morgan fingerprint density at radius 3 is 2.55 bits per heavy atom. The quantitative estimate of drug-likeness (QED) is 0.839. The fourth-order valence-electron chi connectivity index (χ4n) is 1.63. The van der Waals surface area contributed by atoms with Gasteiger partial charge in [-0.15, -0.1) is 0 Å². The van der Waals surface area contributed by atoms with Crippen LogP contribution in [0.25, 0.3) is 0 Å². The Kier molecular flexibility index (Phi) is 4.80. The Balaban J connectivity index is 2.05. The van der Waals surface area contributed by atoms with Gasteiger partial charge in [0.1, 0.15) is 12.4 Å². The monoisotopic (exact) mass is 287 g/mol. The summed E-state index contributed by atoms with van der Waals surface area (Å²) in [5.41, 5.74) is 1.13. The number of carbonyl (C=O) groups is 1. The molecule has 2 aromatic rings. The molecular weight excluding hydrogens is 274 g/mol. The summed E-state index contributed by atoms with van der Waals surface area (Å²) in [6, 6.07) is 14.0. The van der Waals surface area contributed by atoms with Crippen LogP contribution in [-0.4, -0.2) is 12.5 Å². The molecule has 2 rings (SSSR count). The second-order valence-corrected chi connectivity index (χ2v) is 4.47. The molecule has 1 N–H and O–H groups in total. The standard InChI is InChI=1S/C16H14ClNO2/c1-2-11-20-13-9-7-12(8-10-13)18-16(19)14-5-3-4-6-15(14)17/h2-10H,1,11H2,(H,18,19). The van der Waals surface area contributed by atoms with Crippen molar-refractivity contribution in [1.82, 2.24) is 0 Å². The van der Waals surface area contributed by atoms with Gasteiger partial charge in [-0.25, -0.2) is 0 Å². The lowest BCUT2D eigenvalue weighted by Gasteiger charge is -2.08. The van der Waals surface area contributed by atoms with Crippen molar-refractivity contribution < 1.29 is 9.53 Å². The molecule has 0 heterocycles. The van der Waals surface area contributed by atoms with Crippen LogP contribution in [0.5, 0.6) is 5.75 Å². The summed E-state index contributed by atoms with van der Waals surface area (Å²) in [6.45, 7) is 4.03. The van der Waals surface area contributed by atoms with Crippen LogP contribution in [-0.2, 0) is 0 Å². The van der Waals surface area contributed by atoms with Gasteiger partial charge in [-0.2, -0.15) is 0 Å². The molecule has 102 valence electrons. The van der Waals surface area contributed by atoms with Gasteiger partial charge in [-0.3, -0.25) is 4.79 Å². The highest BCUT2D eigenvalue weighted by atomic mass is 35.5. The minimum atomic E-state index is -0.240. The summed E-state index contributed by atoms with van der Waals surface area (Å²) in [6.07, 6.45) is 1.67. The van der Waals surface area contributed by atoms with Gasteiger partial charge in [-0.05, 0) is 36.4 Å². The van der Waals surface area contributed by atoms with E-state index in [-0.39, 0.29) is 5.91 Å². The van der Waals surface area contributed by atoms with Crippen molar-refractivity contribution in [2.45, 2.75) is 0 Å². The third-order valence-corrected chi connectivity index (χ3v) is 2.93. The summed E-state index contributed by atoms with van der Waals surface area (Å²) < 4.78 is 5.37. The zero-order valence-electron chi connectivity index (χ0n) is 10.8. The number of nitrogens with one attached hydrogen (secondary N) is 1. The molecule has 0 fully saturated rings. The molecule has 0 saturated carbocycles. The van der Waals surface area contributed by atoms with Crippen molar-refractivity contribution in [1.29, 1.82) is 0 Å². The molecule has 2 aromatic carbocycles. The number of carbonyl (C=O) groups excluding carboxylic acids is 1. The first-order valence-electron chi connectivity index (χ1n) is 6.10. The Labute approximate surface area is 122 Å². The summed E-state index contributed by atoms with van der Waals surface area (Å²) in [7, 11) is 0. The third kappa shape index (κ3) is 3.62. The molecule has 20 heavy (non-hydrogen) atoms. The Hall–Kier alpha value is -2.26. The largest absolute Gasteiger partial charge is 0.490 e. The maximum Gasteiger partial charge on any atom is 0.257 e. The summed E-state index contributed by atoms with van der Waals surface area (Å²) in [5, 5.41) is 3.21. The molecule has 4 heteroatoms. The number of hydrogen-bond donors (Lipinski definition) is 1. The second kappa shape index (κ2) is 6.78. The van der Waals surface area contributed by atoms with Crippen molar-refractivity contribution >= 4 is 23.2 Å². The van der Waals surface area contributed by atoms with E-state index in [9.17, 15) is 4.79 Å².